The monoisotopic (exact) mass is 572 g/mol. The molecule has 0 saturated carbocycles. The average molecular weight is 573 g/mol. The highest BCUT2D eigenvalue weighted by atomic mass is 35.5. The number of methoxy groups -OCH3 is 1. The molecule has 208 valence electrons. The summed E-state index contributed by atoms with van der Waals surface area (Å²) in [6.45, 7) is 0.528. The zero-order valence-corrected chi connectivity index (χ0v) is 22.2. The number of hydrogen-bond acceptors (Lipinski definition) is 6. The van der Waals surface area contributed by atoms with E-state index in [1.165, 1.54) is 24.1 Å². The molecule has 0 aliphatic carbocycles. The van der Waals surface area contributed by atoms with Gasteiger partial charge in [-0.1, -0.05) is 60.1 Å². The topological polar surface area (TPSA) is 69.1 Å². The number of anilines is 1. The molecule has 0 N–H and O–H groups in total. The van der Waals surface area contributed by atoms with E-state index in [0.717, 1.165) is 23.3 Å². The Bertz CT molecular complexity index is 1500. The van der Waals surface area contributed by atoms with Crippen molar-refractivity contribution < 1.29 is 32.2 Å². The fraction of sp³-hybridized carbons (Fsp3) is 0.214. The first-order valence-electron chi connectivity index (χ1n) is 12.1. The van der Waals surface area contributed by atoms with Crippen LogP contribution in [0.5, 0.6) is 17.5 Å². The van der Waals surface area contributed by atoms with Crippen molar-refractivity contribution in [2.75, 3.05) is 19.1 Å². The molecule has 1 unspecified atom stereocenters. The number of aromatic nitrogens is 2. The van der Waals surface area contributed by atoms with Gasteiger partial charge in [0, 0.05) is 31.8 Å². The summed E-state index contributed by atoms with van der Waals surface area (Å²) in [5, 5.41) is 0.544. The molecule has 1 aromatic heterocycles. The van der Waals surface area contributed by atoms with Crippen LogP contribution in [0.4, 0.5) is 19.0 Å². The zero-order valence-electron chi connectivity index (χ0n) is 21.4. The Kier molecular flexibility index (Phi) is 7.59. The molecule has 1 aliphatic rings. The number of rotatable bonds is 8. The molecular weight excluding hydrogens is 549 g/mol. The Balaban J connectivity index is 1.61. The third kappa shape index (κ3) is 5.85. The lowest BCUT2D eigenvalue weighted by molar-refractivity contribution is -0.274. The maximum Gasteiger partial charge on any atom is 0.573 e. The van der Waals surface area contributed by atoms with Crippen LogP contribution in [0, 0.1) is 0 Å². The third-order valence-corrected chi connectivity index (χ3v) is 6.47. The van der Waals surface area contributed by atoms with Gasteiger partial charge in [0.1, 0.15) is 11.5 Å². The highest BCUT2D eigenvalue weighted by Crippen LogP contribution is 2.37. The molecule has 1 aliphatic heterocycles. The molecule has 3 aromatic carbocycles. The molecule has 0 radical (unpaired) electrons. The molecule has 5 rings (SSSR count). The van der Waals surface area contributed by atoms with E-state index < -0.39 is 18.5 Å². The van der Waals surface area contributed by atoms with Crippen molar-refractivity contribution >= 4 is 23.3 Å². The summed E-state index contributed by atoms with van der Waals surface area (Å²) in [6, 6.07) is 21.7. The Labute approximate surface area is 233 Å². The van der Waals surface area contributed by atoms with Crippen molar-refractivity contribution in [3.8, 4) is 17.5 Å². The summed E-state index contributed by atoms with van der Waals surface area (Å²) in [5.74, 6) is -0.464. The lowest BCUT2D eigenvalue weighted by Gasteiger charge is -2.40. The minimum atomic E-state index is -4.87. The maximum absolute atomic E-state index is 13.7. The van der Waals surface area contributed by atoms with Gasteiger partial charge in [0.05, 0.1) is 6.54 Å². The van der Waals surface area contributed by atoms with E-state index in [2.05, 4.69) is 9.72 Å². The number of fused-ring (bicyclic) bond motifs is 1. The normalized spacial score (nSPS) is 15.2. The molecule has 8 nitrogen and oxygen atoms in total. The van der Waals surface area contributed by atoms with E-state index in [1.807, 2.05) is 35.2 Å². The number of alkyl halides is 3. The molecule has 2 heterocycles. The van der Waals surface area contributed by atoms with Gasteiger partial charge in [0.25, 0.3) is 5.91 Å². The Hall–Kier alpha value is -4.22. The van der Waals surface area contributed by atoms with Gasteiger partial charge in [-0.2, -0.15) is 4.98 Å². The summed E-state index contributed by atoms with van der Waals surface area (Å²) < 4.78 is 55.7. The highest BCUT2D eigenvalue weighted by Gasteiger charge is 2.41. The molecule has 40 heavy (non-hydrogen) atoms. The summed E-state index contributed by atoms with van der Waals surface area (Å²) in [6.07, 6.45) is -5.63. The van der Waals surface area contributed by atoms with Crippen molar-refractivity contribution in [1.82, 2.24) is 14.5 Å². The van der Waals surface area contributed by atoms with Crippen LogP contribution in [0.3, 0.4) is 0 Å². The lowest BCUT2D eigenvalue weighted by Crippen LogP contribution is -2.54. The SMILES string of the molecule is COC1N(C)C(=O)c2c(nc(Oc3cccc(OC(F)(F)F)c3)n2Cc2ccc(Cl)cc2)N1Cc1ccccc1. The van der Waals surface area contributed by atoms with E-state index in [4.69, 9.17) is 21.1 Å². The molecular formula is C28H24ClF3N4O4. The summed E-state index contributed by atoms with van der Waals surface area (Å²) in [7, 11) is 3.11. The summed E-state index contributed by atoms with van der Waals surface area (Å²) in [4.78, 5) is 21.6. The smallest absolute Gasteiger partial charge is 0.425 e. The van der Waals surface area contributed by atoms with E-state index in [9.17, 15) is 18.0 Å². The van der Waals surface area contributed by atoms with Crippen LogP contribution < -0.4 is 14.4 Å². The van der Waals surface area contributed by atoms with E-state index in [-0.39, 0.29) is 29.9 Å². The van der Waals surface area contributed by atoms with Crippen molar-refractivity contribution in [2.45, 2.75) is 25.8 Å². The van der Waals surface area contributed by atoms with Crippen LogP contribution >= 0.6 is 11.6 Å². The summed E-state index contributed by atoms with van der Waals surface area (Å²) >= 11 is 6.06. The first-order valence-corrected chi connectivity index (χ1v) is 12.5. The summed E-state index contributed by atoms with van der Waals surface area (Å²) in [5.41, 5.74) is 1.98. The molecule has 1 amide bonds. The molecule has 0 fully saturated rings. The van der Waals surface area contributed by atoms with E-state index in [0.29, 0.717) is 17.4 Å². The minimum Gasteiger partial charge on any atom is -0.425 e. The van der Waals surface area contributed by atoms with Crippen molar-refractivity contribution in [3.63, 3.8) is 0 Å². The van der Waals surface area contributed by atoms with Crippen molar-refractivity contribution in [3.05, 3.63) is 101 Å². The number of ether oxygens (including phenoxy) is 3. The first kappa shape index (κ1) is 27.4. The van der Waals surface area contributed by atoms with E-state index in [1.54, 1.807) is 35.9 Å². The van der Waals surface area contributed by atoms with Crippen LogP contribution in [0.2, 0.25) is 5.02 Å². The number of imidazole rings is 1. The predicted molar refractivity (Wildman–Crippen MR) is 141 cm³/mol. The zero-order chi connectivity index (χ0) is 28.4. The number of nitrogens with zero attached hydrogens (tertiary/aromatic N) is 4. The molecule has 0 saturated heterocycles. The van der Waals surface area contributed by atoms with E-state index >= 15 is 0 Å². The third-order valence-electron chi connectivity index (χ3n) is 6.22. The van der Waals surface area contributed by atoms with Gasteiger partial charge in [-0.15, -0.1) is 13.2 Å². The number of carbonyl (C=O) groups excluding carboxylic acids is 1. The second-order valence-corrected chi connectivity index (χ2v) is 9.43. The van der Waals surface area contributed by atoms with Crippen molar-refractivity contribution in [2.24, 2.45) is 0 Å². The van der Waals surface area contributed by atoms with Gasteiger partial charge in [0.2, 0.25) is 6.35 Å². The second-order valence-electron chi connectivity index (χ2n) is 9.00. The predicted octanol–water partition coefficient (Wildman–Crippen LogP) is 6.30. The molecule has 0 spiro atoms. The fourth-order valence-corrected chi connectivity index (χ4v) is 4.59. The van der Waals surface area contributed by atoms with Gasteiger partial charge in [-0.05, 0) is 35.4 Å². The number of hydrogen-bond donors (Lipinski definition) is 0. The number of carbonyl (C=O) groups is 1. The molecule has 1 atom stereocenters. The Morgan fingerprint density at radius 3 is 2.27 bits per heavy atom. The largest absolute Gasteiger partial charge is 0.573 e. The van der Waals surface area contributed by atoms with Crippen LogP contribution in [-0.4, -0.2) is 47.2 Å². The van der Waals surface area contributed by atoms with Gasteiger partial charge < -0.3 is 19.1 Å². The van der Waals surface area contributed by atoms with Gasteiger partial charge in [0.15, 0.2) is 11.5 Å². The quantitative estimate of drug-likeness (QED) is 0.247. The van der Waals surface area contributed by atoms with Gasteiger partial charge in [-0.25, -0.2) is 0 Å². The molecule has 12 heteroatoms. The molecule has 0 bridgehead atoms. The Morgan fingerprint density at radius 1 is 0.925 bits per heavy atom. The van der Waals surface area contributed by atoms with Crippen LogP contribution in [-0.2, 0) is 17.8 Å². The Morgan fingerprint density at radius 2 is 1.60 bits per heavy atom. The fourth-order valence-electron chi connectivity index (χ4n) is 4.47. The first-order chi connectivity index (χ1) is 19.1. The minimum absolute atomic E-state index is 0.000624. The number of benzene rings is 3. The van der Waals surface area contributed by atoms with Gasteiger partial charge >= 0.3 is 12.4 Å². The number of halogens is 4. The maximum atomic E-state index is 13.7. The average Bonchev–Trinajstić information content (AvgIpc) is 3.26. The standard InChI is InChI=1S/C28H24ClF3N4O4/c1-34-25(37)23-24(36(27(34)38-2)17-18-7-4-3-5-8-18)33-26(35(23)16-19-11-13-20(29)14-12-19)39-21-9-6-10-22(15-21)40-28(30,31)32/h3-15,27H,16-17H2,1-2H3. The highest BCUT2D eigenvalue weighted by molar-refractivity contribution is 6.30. The lowest BCUT2D eigenvalue weighted by atomic mass is 10.2. The van der Waals surface area contributed by atoms with Crippen molar-refractivity contribution in [1.29, 1.82) is 0 Å². The second kappa shape index (κ2) is 11.1. The van der Waals surface area contributed by atoms with Crippen LogP contribution in [0.25, 0.3) is 0 Å². The number of amides is 1. The van der Waals surface area contributed by atoms with Gasteiger partial charge in [-0.3, -0.25) is 14.3 Å². The molecule has 4 aromatic rings. The van der Waals surface area contributed by atoms with Crippen LogP contribution in [0.1, 0.15) is 21.6 Å². The van der Waals surface area contributed by atoms with Crippen LogP contribution in [0.15, 0.2) is 78.9 Å².